The molecule has 98 valence electrons. The largest absolute Gasteiger partial charge is 0.273 e. The third-order valence-corrected chi connectivity index (χ3v) is 2.48. The Hall–Kier alpha value is -1.84. The second-order valence-electron chi connectivity index (χ2n) is 5.34. The number of nitrogens with zero attached hydrogens (tertiary/aromatic N) is 1. The van der Waals surface area contributed by atoms with Gasteiger partial charge < -0.3 is 0 Å². The molecule has 0 saturated heterocycles. The van der Waals surface area contributed by atoms with Gasteiger partial charge in [-0.1, -0.05) is 17.7 Å². The number of carbonyl (C=O) groups excluding carboxylic acids is 2. The lowest BCUT2D eigenvalue weighted by Gasteiger charge is -2.34. The molecule has 1 rings (SSSR count). The van der Waals surface area contributed by atoms with Crippen molar-refractivity contribution in [3.05, 3.63) is 35.4 Å². The van der Waals surface area contributed by atoms with Gasteiger partial charge in [-0.3, -0.25) is 15.0 Å². The molecule has 0 saturated carbocycles. The molecule has 0 aromatic heterocycles. The average Bonchev–Trinajstić information content (AvgIpc) is 2.23. The predicted octanol–water partition coefficient (Wildman–Crippen LogP) is 2.29. The van der Waals surface area contributed by atoms with Gasteiger partial charge in [0, 0.05) is 12.5 Å². The molecule has 0 fully saturated rings. The summed E-state index contributed by atoms with van der Waals surface area (Å²) in [5.41, 5.74) is 3.75. The normalized spacial score (nSPS) is 10.9. The Balaban J connectivity index is 2.89. The van der Waals surface area contributed by atoms with Crippen molar-refractivity contribution in [3.63, 3.8) is 0 Å². The van der Waals surface area contributed by atoms with Crippen LogP contribution in [0.4, 0.5) is 0 Å². The third kappa shape index (κ3) is 3.58. The number of aryl methyl sites for hydroxylation is 1. The van der Waals surface area contributed by atoms with Gasteiger partial charge in [0.15, 0.2) is 0 Å². The molecule has 0 radical (unpaired) electrons. The van der Waals surface area contributed by atoms with Crippen molar-refractivity contribution in [1.82, 2.24) is 10.4 Å². The minimum absolute atomic E-state index is 0.191. The summed E-state index contributed by atoms with van der Waals surface area (Å²) in [4.78, 5) is 23.6. The van der Waals surface area contributed by atoms with Gasteiger partial charge >= 0.3 is 0 Å². The fraction of sp³-hybridized carbons (Fsp3) is 0.429. The molecule has 0 aliphatic rings. The van der Waals surface area contributed by atoms with Crippen LogP contribution in [0.5, 0.6) is 0 Å². The van der Waals surface area contributed by atoms with Crippen LogP contribution in [0.3, 0.4) is 0 Å². The Morgan fingerprint density at radius 1 is 1.22 bits per heavy atom. The number of benzene rings is 1. The molecule has 2 amide bonds. The maximum atomic E-state index is 12.1. The van der Waals surface area contributed by atoms with Crippen molar-refractivity contribution >= 4 is 11.8 Å². The average molecular weight is 248 g/mol. The van der Waals surface area contributed by atoms with Gasteiger partial charge in [-0.25, -0.2) is 5.01 Å². The molecule has 0 unspecified atom stereocenters. The zero-order valence-electron chi connectivity index (χ0n) is 11.6. The highest BCUT2D eigenvalue weighted by Crippen LogP contribution is 2.12. The summed E-state index contributed by atoms with van der Waals surface area (Å²) in [6.45, 7) is 8.95. The Morgan fingerprint density at radius 3 is 2.28 bits per heavy atom. The van der Waals surface area contributed by atoms with Crippen LogP contribution in [0, 0.1) is 6.92 Å². The van der Waals surface area contributed by atoms with Crippen LogP contribution < -0.4 is 5.43 Å². The number of amides is 2. The molecule has 1 aromatic rings. The van der Waals surface area contributed by atoms with Gasteiger partial charge in [-0.15, -0.1) is 0 Å². The first-order valence-corrected chi connectivity index (χ1v) is 5.90. The fourth-order valence-electron chi connectivity index (χ4n) is 1.67. The van der Waals surface area contributed by atoms with E-state index in [0.29, 0.717) is 5.56 Å². The summed E-state index contributed by atoms with van der Waals surface area (Å²) in [6, 6.07) is 7.25. The standard InChI is InChI=1S/C14H20N2O2/c1-10-7-6-8-12(9-10)13(18)15-16(11(2)17)14(3,4)5/h6-9H,1-5H3,(H,15,18). The fourth-order valence-corrected chi connectivity index (χ4v) is 1.67. The van der Waals surface area contributed by atoms with Gasteiger partial charge in [-0.05, 0) is 39.8 Å². The van der Waals surface area contributed by atoms with E-state index in [-0.39, 0.29) is 11.8 Å². The van der Waals surface area contributed by atoms with Crippen molar-refractivity contribution in [1.29, 1.82) is 0 Å². The monoisotopic (exact) mass is 248 g/mol. The highest BCUT2D eigenvalue weighted by atomic mass is 16.2. The van der Waals surface area contributed by atoms with Crippen LogP contribution in [0.2, 0.25) is 0 Å². The highest BCUT2D eigenvalue weighted by molar-refractivity contribution is 5.95. The number of hydrazine groups is 1. The molecule has 4 heteroatoms. The van der Waals surface area contributed by atoms with Crippen molar-refractivity contribution in [2.75, 3.05) is 0 Å². The van der Waals surface area contributed by atoms with E-state index >= 15 is 0 Å². The molecule has 0 aliphatic carbocycles. The second kappa shape index (κ2) is 5.21. The van der Waals surface area contributed by atoms with E-state index in [1.165, 1.54) is 11.9 Å². The van der Waals surface area contributed by atoms with Crippen molar-refractivity contribution in [3.8, 4) is 0 Å². The summed E-state index contributed by atoms with van der Waals surface area (Å²) in [7, 11) is 0. The summed E-state index contributed by atoms with van der Waals surface area (Å²) >= 11 is 0. The number of rotatable bonds is 1. The topological polar surface area (TPSA) is 49.4 Å². The smallest absolute Gasteiger partial charge is 0.269 e. The summed E-state index contributed by atoms with van der Waals surface area (Å²) < 4.78 is 0. The molecule has 0 bridgehead atoms. The quantitative estimate of drug-likeness (QED) is 0.775. The van der Waals surface area contributed by atoms with Gasteiger partial charge in [0.1, 0.15) is 0 Å². The van der Waals surface area contributed by atoms with E-state index in [0.717, 1.165) is 5.56 Å². The Labute approximate surface area is 108 Å². The van der Waals surface area contributed by atoms with Crippen LogP contribution in [-0.2, 0) is 4.79 Å². The van der Waals surface area contributed by atoms with Crippen LogP contribution in [0.25, 0.3) is 0 Å². The van der Waals surface area contributed by atoms with Crippen LogP contribution in [0.15, 0.2) is 24.3 Å². The van der Waals surface area contributed by atoms with Crippen LogP contribution in [-0.4, -0.2) is 22.4 Å². The first-order chi connectivity index (χ1) is 8.21. The summed E-state index contributed by atoms with van der Waals surface area (Å²) in [5, 5.41) is 1.34. The third-order valence-electron chi connectivity index (χ3n) is 2.48. The summed E-state index contributed by atoms with van der Waals surface area (Å²) in [6.07, 6.45) is 0. The lowest BCUT2D eigenvalue weighted by molar-refractivity contribution is -0.136. The summed E-state index contributed by atoms with van der Waals surface area (Å²) in [5.74, 6) is -0.465. The first kappa shape index (κ1) is 14.2. The van der Waals surface area contributed by atoms with Gasteiger partial charge in [0.25, 0.3) is 5.91 Å². The Bertz CT molecular complexity index is 461. The predicted molar refractivity (Wildman–Crippen MR) is 70.9 cm³/mol. The zero-order chi connectivity index (χ0) is 13.9. The molecular formula is C14H20N2O2. The van der Waals surface area contributed by atoms with Crippen LogP contribution >= 0.6 is 0 Å². The lowest BCUT2D eigenvalue weighted by atomic mass is 10.1. The number of nitrogens with one attached hydrogen (secondary N) is 1. The van der Waals surface area contributed by atoms with E-state index in [9.17, 15) is 9.59 Å². The zero-order valence-corrected chi connectivity index (χ0v) is 11.6. The van der Waals surface area contributed by atoms with Gasteiger partial charge in [-0.2, -0.15) is 0 Å². The van der Waals surface area contributed by atoms with Crippen molar-refractivity contribution in [2.24, 2.45) is 0 Å². The number of carbonyl (C=O) groups is 2. The highest BCUT2D eigenvalue weighted by Gasteiger charge is 2.26. The molecule has 4 nitrogen and oxygen atoms in total. The van der Waals surface area contributed by atoms with E-state index in [1.54, 1.807) is 12.1 Å². The molecule has 18 heavy (non-hydrogen) atoms. The van der Waals surface area contributed by atoms with Gasteiger partial charge in [0.05, 0.1) is 5.54 Å². The molecular weight excluding hydrogens is 228 g/mol. The molecule has 0 atom stereocenters. The molecule has 1 aromatic carbocycles. The minimum atomic E-state index is -0.453. The maximum absolute atomic E-state index is 12.1. The maximum Gasteiger partial charge on any atom is 0.269 e. The SMILES string of the molecule is CC(=O)N(NC(=O)c1cccc(C)c1)C(C)(C)C. The number of hydrogen-bond acceptors (Lipinski definition) is 2. The van der Waals surface area contributed by atoms with E-state index in [2.05, 4.69) is 5.43 Å². The van der Waals surface area contributed by atoms with E-state index in [4.69, 9.17) is 0 Å². The van der Waals surface area contributed by atoms with Crippen LogP contribution in [0.1, 0.15) is 43.6 Å². The number of hydrogen-bond donors (Lipinski definition) is 1. The van der Waals surface area contributed by atoms with E-state index in [1.807, 2.05) is 39.8 Å². The first-order valence-electron chi connectivity index (χ1n) is 5.90. The Morgan fingerprint density at radius 2 is 1.83 bits per heavy atom. The van der Waals surface area contributed by atoms with Gasteiger partial charge in [0.2, 0.25) is 5.91 Å². The molecule has 0 aliphatic heterocycles. The van der Waals surface area contributed by atoms with Crippen molar-refractivity contribution in [2.45, 2.75) is 40.2 Å². The molecule has 0 spiro atoms. The van der Waals surface area contributed by atoms with Crippen molar-refractivity contribution < 1.29 is 9.59 Å². The second-order valence-corrected chi connectivity index (χ2v) is 5.34. The lowest BCUT2D eigenvalue weighted by Crippen LogP contribution is -2.55. The molecule has 1 N–H and O–H groups in total. The molecule has 0 heterocycles. The van der Waals surface area contributed by atoms with E-state index < -0.39 is 5.54 Å². The minimum Gasteiger partial charge on any atom is -0.273 e. The Kier molecular flexibility index (Phi) is 4.11.